The molecule has 7 heteroatoms. The lowest BCUT2D eigenvalue weighted by Gasteiger charge is -2.05. The van der Waals surface area contributed by atoms with Gasteiger partial charge in [0.25, 0.3) is 10.0 Å². The fraction of sp³-hybridized carbons (Fsp3) is 0.571. The average molecular weight is 219 g/mol. The van der Waals surface area contributed by atoms with Crippen LogP contribution < -0.4 is 4.72 Å². The molecule has 1 unspecified atom stereocenters. The predicted molar refractivity (Wildman–Crippen MR) is 50.1 cm³/mol. The highest BCUT2D eigenvalue weighted by Crippen LogP contribution is 2.02. The summed E-state index contributed by atoms with van der Waals surface area (Å²) in [5, 5.41) is 14.8. The SMILES string of the molecule is CC(O)CCNS(=O)(=O)c1ccn[nH]1. The van der Waals surface area contributed by atoms with E-state index >= 15 is 0 Å². The maximum Gasteiger partial charge on any atom is 0.257 e. The van der Waals surface area contributed by atoms with E-state index in [0.29, 0.717) is 6.42 Å². The molecule has 1 aromatic rings. The van der Waals surface area contributed by atoms with E-state index in [9.17, 15) is 8.42 Å². The number of nitrogens with zero attached hydrogens (tertiary/aromatic N) is 1. The third-order valence-electron chi connectivity index (χ3n) is 1.62. The van der Waals surface area contributed by atoms with Crippen LogP contribution in [-0.2, 0) is 10.0 Å². The van der Waals surface area contributed by atoms with Gasteiger partial charge in [-0.25, -0.2) is 13.1 Å². The summed E-state index contributed by atoms with van der Waals surface area (Å²) >= 11 is 0. The first-order chi connectivity index (χ1) is 6.52. The van der Waals surface area contributed by atoms with Crippen LogP contribution in [0, 0.1) is 0 Å². The lowest BCUT2D eigenvalue weighted by Crippen LogP contribution is -2.27. The zero-order valence-corrected chi connectivity index (χ0v) is 8.58. The summed E-state index contributed by atoms with van der Waals surface area (Å²) in [6, 6.07) is 1.37. The smallest absolute Gasteiger partial charge is 0.257 e. The van der Waals surface area contributed by atoms with Crippen LogP contribution in [0.15, 0.2) is 17.3 Å². The fourth-order valence-corrected chi connectivity index (χ4v) is 1.83. The number of nitrogens with one attached hydrogen (secondary N) is 2. The highest BCUT2D eigenvalue weighted by molar-refractivity contribution is 7.89. The van der Waals surface area contributed by atoms with Crippen molar-refractivity contribution in [3.63, 3.8) is 0 Å². The van der Waals surface area contributed by atoms with Gasteiger partial charge < -0.3 is 5.11 Å². The van der Waals surface area contributed by atoms with Crippen LogP contribution in [0.2, 0.25) is 0 Å². The van der Waals surface area contributed by atoms with E-state index in [0.717, 1.165) is 0 Å². The minimum atomic E-state index is -3.49. The molecule has 1 heterocycles. The van der Waals surface area contributed by atoms with E-state index in [1.165, 1.54) is 12.3 Å². The van der Waals surface area contributed by atoms with Crippen molar-refractivity contribution in [2.24, 2.45) is 0 Å². The normalized spacial score (nSPS) is 14.1. The minimum Gasteiger partial charge on any atom is -0.393 e. The Morgan fingerprint density at radius 3 is 2.93 bits per heavy atom. The molecule has 0 aliphatic heterocycles. The summed E-state index contributed by atoms with van der Waals surface area (Å²) in [7, 11) is -3.49. The Balaban J connectivity index is 2.52. The molecule has 0 aliphatic carbocycles. The number of sulfonamides is 1. The topological polar surface area (TPSA) is 95.1 Å². The zero-order chi connectivity index (χ0) is 10.6. The number of hydrogen-bond donors (Lipinski definition) is 3. The molecule has 0 saturated carbocycles. The Kier molecular flexibility index (Phi) is 3.62. The third kappa shape index (κ3) is 3.09. The summed E-state index contributed by atoms with van der Waals surface area (Å²) in [4.78, 5) is 0. The van der Waals surface area contributed by atoms with Crippen LogP contribution in [0.3, 0.4) is 0 Å². The van der Waals surface area contributed by atoms with Crippen molar-refractivity contribution in [1.82, 2.24) is 14.9 Å². The second-order valence-corrected chi connectivity index (χ2v) is 4.69. The van der Waals surface area contributed by atoms with Gasteiger partial charge in [0.2, 0.25) is 0 Å². The quantitative estimate of drug-likeness (QED) is 0.619. The molecule has 0 saturated heterocycles. The zero-order valence-electron chi connectivity index (χ0n) is 7.77. The second-order valence-electron chi connectivity index (χ2n) is 2.96. The van der Waals surface area contributed by atoms with Crippen LogP contribution in [0.1, 0.15) is 13.3 Å². The van der Waals surface area contributed by atoms with Gasteiger partial charge in [-0.15, -0.1) is 0 Å². The largest absolute Gasteiger partial charge is 0.393 e. The van der Waals surface area contributed by atoms with Crippen LogP contribution in [0.5, 0.6) is 0 Å². The molecule has 0 spiro atoms. The standard InChI is InChI=1S/C7H13N3O3S/c1-6(11)2-5-9-14(12,13)7-3-4-8-10-7/h3-4,6,9,11H,2,5H2,1H3,(H,8,10). The van der Waals surface area contributed by atoms with E-state index in [1.807, 2.05) is 0 Å². The van der Waals surface area contributed by atoms with Crippen molar-refractivity contribution in [3.05, 3.63) is 12.3 Å². The average Bonchev–Trinajstić information content (AvgIpc) is 2.54. The van der Waals surface area contributed by atoms with Gasteiger partial charge >= 0.3 is 0 Å². The molecular weight excluding hydrogens is 206 g/mol. The maximum atomic E-state index is 11.4. The molecule has 0 amide bonds. The van der Waals surface area contributed by atoms with E-state index in [2.05, 4.69) is 14.9 Å². The van der Waals surface area contributed by atoms with Gasteiger partial charge in [-0.05, 0) is 19.4 Å². The first-order valence-corrected chi connectivity index (χ1v) is 5.68. The van der Waals surface area contributed by atoms with Gasteiger partial charge in [0.15, 0.2) is 5.03 Å². The van der Waals surface area contributed by atoms with Gasteiger partial charge in [-0.3, -0.25) is 5.10 Å². The molecule has 0 radical (unpaired) electrons. The van der Waals surface area contributed by atoms with Crippen molar-refractivity contribution < 1.29 is 13.5 Å². The number of hydrogen-bond acceptors (Lipinski definition) is 4. The Morgan fingerprint density at radius 1 is 1.71 bits per heavy atom. The Morgan fingerprint density at radius 2 is 2.43 bits per heavy atom. The molecule has 6 nitrogen and oxygen atoms in total. The van der Waals surface area contributed by atoms with Crippen LogP contribution >= 0.6 is 0 Å². The summed E-state index contributed by atoms with van der Waals surface area (Å²) in [5.41, 5.74) is 0. The van der Waals surface area contributed by atoms with Gasteiger partial charge in [0.05, 0.1) is 12.3 Å². The molecule has 0 aromatic carbocycles. The van der Waals surface area contributed by atoms with Gasteiger partial charge in [-0.1, -0.05) is 0 Å². The highest BCUT2D eigenvalue weighted by atomic mass is 32.2. The van der Waals surface area contributed by atoms with E-state index in [-0.39, 0.29) is 11.6 Å². The van der Waals surface area contributed by atoms with Gasteiger partial charge in [0.1, 0.15) is 0 Å². The lowest BCUT2D eigenvalue weighted by atomic mass is 10.3. The molecular formula is C7H13N3O3S. The molecule has 1 rings (SSSR count). The van der Waals surface area contributed by atoms with Gasteiger partial charge in [-0.2, -0.15) is 5.10 Å². The summed E-state index contributed by atoms with van der Waals surface area (Å²) in [6.07, 6.45) is 1.23. The minimum absolute atomic E-state index is 0.0306. The molecule has 0 bridgehead atoms. The molecule has 3 N–H and O–H groups in total. The monoisotopic (exact) mass is 219 g/mol. The number of aromatic amines is 1. The highest BCUT2D eigenvalue weighted by Gasteiger charge is 2.14. The fourth-order valence-electron chi connectivity index (χ4n) is 0.873. The van der Waals surface area contributed by atoms with Crippen molar-refractivity contribution in [1.29, 1.82) is 0 Å². The van der Waals surface area contributed by atoms with Crippen molar-refractivity contribution in [2.45, 2.75) is 24.5 Å². The van der Waals surface area contributed by atoms with Gasteiger partial charge in [0, 0.05) is 6.54 Å². The summed E-state index contributed by atoms with van der Waals surface area (Å²) in [5.74, 6) is 0. The van der Waals surface area contributed by atoms with E-state index in [1.54, 1.807) is 6.92 Å². The first-order valence-electron chi connectivity index (χ1n) is 4.19. The molecule has 0 fully saturated rings. The predicted octanol–water partition coefficient (Wildman–Crippen LogP) is -0.541. The second kappa shape index (κ2) is 4.54. The van der Waals surface area contributed by atoms with Crippen LogP contribution in [-0.4, -0.2) is 36.4 Å². The number of aliphatic hydroxyl groups is 1. The maximum absolute atomic E-state index is 11.4. The van der Waals surface area contributed by atoms with E-state index in [4.69, 9.17) is 5.11 Å². The first kappa shape index (κ1) is 11.2. The Labute approximate surface area is 82.4 Å². The molecule has 14 heavy (non-hydrogen) atoms. The molecule has 80 valence electrons. The third-order valence-corrected chi connectivity index (χ3v) is 3.01. The van der Waals surface area contributed by atoms with Crippen LogP contribution in [0.4, 0.5) is 0 Å². The number of H-pyrrole nitrogens is 1. The Bertz CT molecular complexity index is 358. The van der Waals surface area contributed by atoms with Crippen molar-refractivity contribution in [2.75, 3.05) is 6.54 Å². The summed E-state index contributed by atoms with van der Waals surface area (Å²) < 4.78 is 25.2. The summed E-state index contributed by atoms with van der Waals surface area (Å²) in [6.45, 7) is 1.81. The van der Waals surface area contributed by atoms with E-state index < -0.39 is 16.1 Å². The number of aromatic nitrogens is 2. The molecule has 1 aromatic heterocycles. The molecule has 0 aliphatic rings. The van der Waals surface area contributed by atoms with Crippen molar-refractivity contribution in [3.8, 4) is 0 Å². The Hall–Kier alpha value is -0.920. The lowest BCUT2D eigenvalue weighted by molar-refractivity contribution is 0.186. The van der Waals surface area contributed by atoms with Crippen molar-refractivity contribution >= 4 is 10.0 Å². The number of rotatable bonds is 5. The number of aliphatic hydroxyl groups excluding tert-OH is 1. The van der Waals surface area contributed by atoms with Crippen LogP contribution in [0.25, 0.3) is 0 Å². The molecule has 1 atom stereocenters.